The number of carbonyl (C=O) groups is 2. The van der Waals surface area contributed by atoms with E-state index in [0.29, 0.717) is 34.6 Å². The highest BCUT2D eigenvalue weighted by atomic mass is 16.7. The van der Waals surface area contributed by atoms with Crippen molar-refractivity contribution in [2.24, 2.45) is 0 Å². The van der Waals surface area contributed by atoms with Gasteiger partial charge in [-0.05, 0) is 50.0 Å². The lowest BCUT2D eigenvalue weighted by atomic mass is 9.80. The third-order valence-electron chi connectivity index (χ3n) is 6.97. The van der Waals surface area contributed by atoms with E-state index in [-0.39, 0.29) is 12.5 Å². The van der Waals surface area contributed by atoms with E-state index in [9.17, 15) is 30.0 Å². The Morgan fingerprint density at radius 1 is 1.13 bits per heavy atom. The molecule has 0 saturated carbocycles. The van der Waals surface area contributed by atoms with E-state index in [1.165, 1.54) is 0 Å². The second-order valence-corrected chi connectivity index (χ2v) is 10.8. The van der Waals surface area contributed by atoms with Crippen LogP contribution in [0.3, 0.4) is 0 Å². The number of rotatable bonds is 9. The number of allylic oxidation sites excluding steroid dienone is 2. The monoisotopic (exact) mass is 538 g/mol. The van der Waals surface area contributed by atoms with Crippen LogP contribution in [0.15, 0.2) is 72.8 Å². The summed E-state index contributed by atoms with van der Waals surface area (Å²) in [6.45, 7) is 11.3. The molecule has 0 aromatic heterocycles. The van der Waals surface area contributed by atoms with Gasteiger partial charge in [-0.1, -0.05) is 66.7 Å². The average Bonchev–Trinajstić information content (AvgIpc) is 2.85. The maximum Gasteiger partial charge on any atom is 0.411 e. The van der Waals surface area contributed by atoms with Gasteiger partial charge in [-0.2, -0.15) is 0 Å². The van der Waals surface area contributed by atoms with Crippen molar-refractivity contribution < 1.29 is 34.8 Å². The van der Waals surface area contributed by atoms with Crippen molar-refractivity contribution in [2.75, 3.05) is 13.6 Å². The number of carbonyl (C=O) groups excluding carboxylic acids is 2. The average molecular weight is 539 g/mol. The van der Waals surface area contributed by atoms with Gasteiger partial charge in [0.15, 0.2) is 0 Å². The molecule has 1 aliphatic heterocycles. The topological polar surface area (TPSA) is 131 Å². The van der Waals surface area contributed by atoms with Crippen LogP contribution in [0, 0.1) is 0 Å². The largest absolute Gasteiger partial charge is 0.438 e. The first kappa shape index (κ1) is 30.0. The number of aliphatic hydroxyl groups is 4. The van der Waals surface area contributed by atoms with Crippen molar-refractivity contribution in [2.45, 2.75) is 63.9 Å². The SMILES string of the molecule is C=C(C)C(=CC(=O)N(C)C(O)(O)O)c1ccc(C(C)N2CCC(CC(C)(C)O)(c3ccccc3)OC2=O)cc1. The van der Waals surface area contributed by atoms with Crippen molar-refractivity contribution in [1.29, 1.82) is 0 Å². The lowest BCUT2D eigenvalue weighted by Gasteiger charge is -2.45. The van der Waals surface area contributed by atoms with E-state index in [1.54, 1.807) is 37.8 Å². The molecule has 2 atom stereocenters. The zero-order chi connectivity index (χ0) is 29.2. The fourth-order valence-corrected chi connectivity index (χ4v) is 4.83. The lowest BCUT2D eigenvalue weighted by Crippen LogP contribution is -2.51. The molecule has 1 saturated heterocycles. The minimum Gasteiger partial charge on any atom is -0.438 e. The predicted molar refractivity (Wildman–Crippen MR) is 147 cm³/mol. The van der Waals surface area contributed by atoms with Crippen molar-refractivity contribution >= 4 is 17.6 Å². The Labute approximate surface area is 229 Å². The van der Waals surface area contributed by atoms with Crippen LogP contribution in [-0.2, 0) is 15.1 Å². The molecule has 0 spiro atoms. The highest BCUT2D eigenvalue weighted by Gasteiger charge is 2.46. The maximum atomic E-state index is 13.3. The van der Waals surface area contributed by atoms with E-state index in [2.05, 4.69) is 6.58 Å². The smallest absolute Gasteiger partial charge is 0.411 e. The summed E-state index contributed by atoms with van der Waals surface area (Å²) in [5.41, 5.74) is 1.36. The van der Waals surface area contributed by atoms with E-state index in [0.717, 1.165) is 24.3 Å². The van der Waals surface area contributed by atoms with Gasteiger partial charge in [0.2, 0.25) is 0 Å². The molecule has 0 aliphatic carbocycles. The summed E-state index contributed by atoms with van der Waals surface area (Å²) in [5, 5.41) is 38.4. The Kier molecular flexibility index (Phi) is 8.72. The molecule has 9 nitrogen and oxygen atoms in total. The number of hydrogen-bond donors (Lipinski definition) is 4. The zero-order valence-corrected chi connectivity index (χ0v) is 23.1. The number of nitrogens with zero attached hydrogens (tertiary/aromatic N) is 2. The van der Waals surface area contributed by atoms with Crippen LogP contribution < -0.4 is 0 Å². The molecule has 1 aliphatic rings. The third kappa shape index (κ3) is 7.13. The Balaban J connectivity index is 1.82. The summed E-state index contributed by atoms with van der Waals surface area (Å²) < 4.78 is 6.08. The second-order valence-electron chi connectivity index (χ2n) is 10.8. The number of likely N-dealkylation sites (N-methyl/N-ethyl adjacent to an activating group) is 1. The first-order valence-electron chi connectivity index (χ1n) is 12.7. The number of cyclic esters (lactones) is 1. The van der Waals surface area contributed by atoms with Gasteiger partial charge >= 0.3 is 12.2 Å². The zero-order valence-electron chi connectivity index (χ0n) is 23.1. The van der Waals surface area contributed by atoms with Crippen LogP contribution in [0.5, 0.6) is 0 Å². The van der Waals surface area contributed by atoms with Gasteiger partial charge < -0.3 is 30.1 Å². The summed E-state index contributed by atoms with van der Waals surface area (Å²) in [6, 6.07) is 16.4. The van der Waals surface area contributed by atoms with Gasteiger partial charge in [0, 0.05) is 32.5 Å². The standard InChI is InChI=1S/C30H38N2O7/c1-20(2)25(18-26(33)31(6)30(36,37)38)23-14-12-22(13-15-23)21(3)32-17-16-29(39-27(32)34,19-28(4,5)35)24-10-8-7-9-11-24/h7-15,18,21,35-38H,1,16-17,19H2,2-6H3. The quantitative estimate of drug-likeness (QED) is 0.218. The van der Waals surface area contributed by atoms with Crippen LogP contribution in [0.1, 0.15) is 63.3 Å². The molecule has 2 aromatic carbocycles. The van der Waals surface area contributed by atoms with E-state index in [1.807, 2.05) is 49.4 Å². The Bertz CT molecular complexity index is 1230. The van der Waals surface area contributed by atoms with Gasteiger partial charge in [0.1, 0.15) is 5.60 Å². The summed E-state index contributed by atoms with van der Waals surface area (Å²) in [7, 11) is 1.05. The Hall–Kier alpha value is -3.50. The van der Waals surface area contributed by atoms with Crippen LogP contribution in [0.4, 0.5) is 4.79 Å². The Morgan fingerprint density at radius 2 is 1.72 bits per heavy atom. The highest BCUT2D eigenvalue weighted by molar-refractivity contribution is 5.98. The molecule has 2 aromatic rings. The molecule has 9 heteroatoms. The summed E-state index contributed by atoms with van der Waals surface area (Å²) >= 11 is 0. The first-order chi connectivity index (χ1) is 18.0. The van der Waals surface area contributed by atoms with Gasteiger partial charge in [-0.25, -0.2) is 4.79 Å². The minimum atomic E-state index is -3.29. The molecule has 39 heavy (non-hydrogen) atoms. The summed E-state index contributed by atoms with van der Waals surface area (Å²) in [5.74, 6) is -0.832. The number of benzene rings is 2. The molecular weight excluding hydrogens is 500 g/mol. The fraction of sp³-hybridized carbons (Fsp3) is 0.400. The van der Waals surface area contributed by atoms with Crippen LogP contribution in [0.25, 0.3) is 5.57 Å². The molecular formula is C30H38N2O7. The van der Waals surface area contributed by atoms with E-state index in [4.69, 9.17) is 4.74 Å². The molecule has 3 rings (SSSR count). The van der Waals surface area contributed by atoms with E-state index < -0.39 is 29.3 Å². The van der Waals surface area contributed by atoms with Gasteiger partial charge in [0.05, 0.1) is 11.6 Å². The van der Waals surface area contributed by atoms with Crippen LogP contribution in [-0.4, -0.2) is 67.5 Å². The van der Waals surface area contributed by atoms with E-state index >= 15 is 0 Å². The second kappa shape index (κ2) is 11.3. The highest BCUT2D eigenvalue weighted by Crippen LogP contribution is 2.42. The molecule has 210 valence electrons. The maximum absolute atomic E-state index is 13.3. The lowest BCUT2D eigenvalue weighted by molar-refractivity contribution is -0.376. The van der Waals surface area contributed by atoms with Crippen molar-refractivity contribution in [1.82, 2.24) is 9.80 Å². The third-order valence-corrected chi connectivity index (χ3v) is 6.97. The molecule has 2 amide bonds. The Morgan fingerprint density at radius 3 is 2.21 bits per heavy atom. The summed E-state index contributed by atoms with van der Waals surface area (Å²) in [4.78, 5) is 27.7. The molecule has 2 unspecified atom stereocenters. The predicted octanol–water partition coefficient (Wildman–Crippen LogP) is 3.65. The molecule has 4 N–H and O–H groups in total. The number of ether oxygens (including phenoxy) is 1. The van der Waals surface area contributed by atoms with Crippen molar-refractivity contribution in [3.63, 3.8) is 0 Å². The number of hydrogen-bond acceptors (Lipinski definition) is 7. The molecule has 0 bridgehead atoms. The first-order valence-corrected chi connectivity index (χ1v) is 12.7. The summed E-state index contributed by atoms with van der Waals surface area (Å²) in [6.07, 6.45) is -1.83. The molecule has 0 radical (unpaired) electrons. The molecule has 1 fully saturated rings. The van der Waals surface area contributed by atoms with Crippen molar-refractivity contribution in [3.05, 3.63) is 89.5 Å². The van der Waals surface area contributed by atoms with Crippen LogP contribution in [0.2, 0.25) is 0 Å². The van der Waals surface area contributed by atoms with Crippen LogP contribution >= 0.6 is 0 Å². The number of amides is 2. The van der Waals surface area contributed by atoms with Crippen molar-refractivity contribution in [3.8, 4) is 0 Å². The van der Waals surface area contributed by atoms with Gasteiger partial charge in [-0.15, -0.1) is 0 Å². The normalized spacial score (nSPS) is 19.4. The molecule has 1 heterocycles. The fourth-order valence-electron chi connectivity index (χ4n) is 4.83. The minimum absolute atomic E-state index is 0.264. The van der Waals surface area contributed by atoms with Gasteiger partial charge in [-0.3, -0.25) is 9.69 Å². The van der Waals surface area contributed by atoms with Gasteiger partial charge in [0.25, 0.3) is 5.91 Å².